The van der Waals surface area contributed by atoms with E-state index >= 15 is 0 Å². The molecule has 1 fully saturated rings. The SMILES string of the molecule is Cc1ccc(OCCON2C(=O)CCC2=O)c(I)c1. The van der Waals surface area contributed by atoms with Crippen LogP contribution in [0.25, 0.3) is 0 Å². The molecule has 0 atom stereocenters. The highest BCUT2D eigenvalue weighted by atomic mass is 127. The molecule has 0 unspecified atom stereocenters. The lowest BCUT2D eigenvalue weighted by Crippen LogP contribution is -2.31. The maximum atomic E-state index is 11.3. The Balaban J connectivity index is 1.78. The van der Waals surface area contributed by atoms with Gasteiger partial charge in [0.15, 0.2) is 0 Å². The molecule has 2 amide bonds. The highest BCUT2D eigenvalue weighted by molar-refractivity contribution is 14.1. The van der Waals surface area contributed by atoms with E-state index in [4.69, 9.17) is 9.57 Å². The average Bonchev–Trinajstić information content (AvgIpc) is 2.68. The van der Waals surface area contributed by atoms with Gasteiger partial charge in [-0.1, -0.05) is 6.07 Å². The van der Waals surface area contributed by atoms with Crippen molar-refractivity contribution in [2.24, 2.45) is 0 Å². The second kappa shape index (κ2) is 6.33. The standard InChI is InChI=1S/C13H14INO4/c1-9-2-3-11(10(14)8-9)18-6-7-19-15-12(16)4-5-13(15)17/h2-3,8H,4-7H2,1H3. The first-order valence-corrected chi connectivity index (χ1v) is 7.03. The summed E-state index contributed by atoms with van der Waals surface area (Å²) in [5, 5.41) is 0.837. The summed E-state index contributed by atoms with van der Waals surface area (Å²) in [5.74, 6) is 0.207. The summed E-state index contributed by atoms with van der Waals surface area (Å²) in [6.07, 6.45) is 0.463. The number of hydroxylamine groups is 2. The van der Waals surface area contributed by atoms with E-state index in [0.717, 1.165) is 14.4 Å². The van der Waals surface area contributed by atoms with Crippen molar-refractivity contribution < 1.29 is 19.2 Å². The molecule has 1 aliphatic rings. The smallest absolute Gasteiger partial charge is 0.253 e. The highest BCUT2D eigenvalue weighted by Gasteiger charge is 2.29. The fourth-order valence-corrected chi connectivity index (χ4v) is 2.53. The van der Waals surface area contributed by atoms with Crippen LogP contribution in [0.1, 0.15) is 18.4 Å². The van der Waals surface area contributed by atoms with Crippen LogP contribution in [-0.2, 0) is 14.4 Å². The summed E-state index contributed by atoms with van der Waals surface area (Å²) in [6, 6.07) is 5.87. The molecule has 6 heteroatoms. The Kier molecular flexibility index (Phi) is 4.76. The third kappa shape index (κ3) is 3.66. The second-order valence-corrected chi connectivity index (χ2v) is 5.36. The monoisotopic (exact) mass is 375 g/mol. The number of carbonyl (C=O) groups excluding carboxylic acids is 2. The number of ether oxygens (including phenoxy) is 1. The lowest BCUT2D eigenvalue weighted by Gasteiger charge is -2.14. The van der Waals surface area contributed by atoms with E-state index in [1.807, 2.05) is 25.1 Å². The van der Waals surface area contributed by atoms with Gasteiger partial charge < -0.3 is 4.74 Å². The maximum Gasteiger partial charge on any atom is 0.253 e. The number of hydrogen-bond donors (Lipinski definition) is 0. The van der Waals surface area contributed by atoms with Gasteiger partial charge in [-0.05, 0) is 47.2 Å². The van der Waals surface area contributed by atoms with Gasteiger partial charge in [0.1, 0.15) is 19.0 Å². The Morgan fingerprint density at radius 1 is 1.21 bits per heavy atom. The molecule has 1 saturated heterocycles. The van der Waals surface area contributed by atoms with Crippen LogP contribution in [0.5, 0.6) is 5.75 Å². The molecule has 102 valence electrons. The van der Waals surface area contributed by atoms with Gasteiger partial charge in [0.05, 0.1) is 3.57 Å². The van der Waals surface area contributed by atoms with E-state index < -0.39 is 0 Å². The molecule has 0 bridgehead atoms. The number of halogens is 1. The zero-order chi connectivity index (χ0) is 13.8. The van der Waals surface area contributed by atoms with E-state index in [1.54, 1.807) is 0 Å². The molecule has 2 rings (SSSR count). The number of carbonyl (C=O) groups is 2. The summed E-state index contributed by atoms with van der Waals surface area (Å²) in [7, 11) is 0. The Hall–Kier alpha value is -1.15. The van der Waals surface area contributed by atoms with E-state index in [2.05, 4.69) is 22.6 Å². The van der Waals surface area contributed by atoms with Gasteiger partial charge in [0, 0.05) is 12.8 Å². The molecule has 1 aromatic rings. The molecule has 0 aliphatic carbocycles. The minimum absolute atomic E-state index is 0.168. The van der Waals surface area contributed by atoms with Crippen molar-refractivity contribution in [2.45, 2.75) is 19.8 Å². The topological polar surface area (TPSA) is 55.8 Å². The number of rotatable bonds is 5. The molecule has 0 aromatic heterocycles. The van der Waals surface area contributed by atoms with Crippen molar-refractivity contribution in [3.05, 3.63) is 27.3 Å². The van der Waals surface area contributed by atoms with Crippen LogP contribution in [0.2, 0.25) is 0 Å². The number of benzene rings is 1. The number of amides is 2. The number of aryl methyl sites for hydroxylation is 1. The summed E-state index contributed by atoms with van der Waals surface area (Å²) in [4.78, 5) is 27.7. The summed E-state index contributed by atoms with van der Waals surface area (Å²) in [6.45, 7) is 2.47. The molecule has 0 radical (unpaired) electrons. The minimum Gasteiger partial charge on any atom is -0.490 e. The zero-order valence-corrected chi connectivity index (χ0v) is 12.7. The zero-order valence-electron chi connectivity index (χ0n) is 10.5. The fourth-order valence-electron chi connectivity index (χ4n) is 1.70. The van der Waals surface area contributed by atoms with Crippen LogP contribution in [-0.4, -0.2) is 30.1 Å². The van der Waals surface area contributed by atoms with Crippen LogP contribution in [0.4, 0.5) is 0 Å². The van der Waals surface area contributed by atoms with Crippen LogP contribution in [0.15, 0.2) is 18.2 Å². The molecule has 1 heterocycles. The van der Waals surface area contributed by atoms with Crippen LogP contribution < -0.4 is 4.74 Å². The Morgan fingerprint density at radius 2 is 1.89 bits per heavy atom. The van der Waals surface area contributed by atoms with Crippen LogP contribution >= 0.6 is 22.6 Å². The molecular formula is C13H14INO4. The van der Waals surface area contributed by atoms with Gasteiger partial charge in [0.25, 0.3) is 11.8 Å². The third-order valence-corrected chi connectivity index (χ3v) is 3.50. The highest BCUT2D eigenvalue weighted by Crippen LogP contribution is 2.21. The molecule has 0 spiro atoms. The van der Waals surface area contributed by atoms with Crippen molar-refractivity contribution in [1.82, 2.24) is 5.06 Å². The number of imide groups is 1. The quantitative estimate of drug-likeness (QED) is 0.449. The second-order valence-electron chi connectivity index (χ2n) is 4.20. The summed E-state index contributed by atoms with van der Waals surface area (Å²) in [5.41, 5.74) is 1.17. The summed E-state index contributed by atoms with van der Waals surface area (Å²) < 4.78 is 6.56. The summed E-state index contributed by atoms with van der Waals surface area (Å²) >= 11 is 2.20. The van der Waals surface area contributed by atoms with Gasteiger partial charge in [-0.25, -0.2) is 0 Å². The molecule has 1 aromatic carbocycles. The first kappa shape index (κ1) is 14.3. The molecule has 1 aliphatic heterocycles. The first-order chi connectivity index (χ1) is 9.08. The Bertz CT molecular complexity index is 487. The lowest BCUT2D eigenvalue weighted by atomic mass is 10.2. The molecular weight excluding hydrogens is 361 g/mol. The van der Waals surface area contributed by atoms with Gasteiger partial charge in [-0.15, -0.1) is 0 Å². The van der Waals surface area contributed by atoms with Crippen LogP contribution in [0, 0.1) is 10.5 Å². The third-order valence-electron chi connectivity index (χ3n) is 2.65. The Labute approximate surface area is 125 Å². The van der Waals surface area contributed by atoms with Crippen molar-refractivity contribution in [3.63, 3.8) is 0 Å². The van der Waals surface area contributed by atoms with Crippen molar-refractivity contribution >= 4 is 34.4 Å². The van der Waals surface area contributed by atoms with E-state index in [0.29, 0.717) is 0 Å². The molecule has 0 saturated carbocycles. The van der Waals surface area contributed by atoms with Crippen molar-refractivity contribution in [3.8, 4) is 5.75 Å². The fraction of sp³-hybridized carbons (Fsp3) is 0.385. The predicted molar refractivity (Wildman–Crippen MR) is 76.4 cm³/mol. The maximum absolute atomic E-state index is 11.3. The van der Waals surface area contributed by atoms with Crippen LogP contribution in [0.3, 0.4) is 0 Å². The van der Waals surface area contributed by atoms with Crippen molar-refractivity contribution in [1.29, 1.82) is 0 Å². The Morgan fingerprint density at radius 3 is 2.53 bits per heavy atom. The molecule has 19 heavy (non-hydrogen) atoms. The first-order valence-electron chi connectivity index (χ1n) is 5.95. The minimum atomic E-state index is -0.282. The number of hydrogen-bond acceptors (Lipinski definition) is 4. The van der Waals surface area contributed by atoms with E-state index in [9.17, 15) is 9.59 Å². The van der Waals surface area contributed by atoms with Gasteiger partial charge >= 0.3 is 0 Å². The normalized spacial score (nSPS) is 15.2. The van der Waals surface area contributed by atoms with Gasteiger partial charge in [-0.2, -0.15) is 5.06 Å². The van der Waals surface area contributed by atoms with Crippen molar-refractivity contribution in [2.75, 3.05) is 13.2 Å². The van der Waals surface area contributed by atoms with Gasteiger partial charge in [-0.3, -0.25) is 14.4 Å². The predicted octanol–water partition coefficient (Wildman–Crippen LogP) is 2.06. The molecule has 0 N–H and O–H groups in total. The van der Waals surface area contributed by atoms with E-state index in [-0.39, 0.29) is 37.9 Å². The largest absolute Gasteiger partial charge is 0.490 e. The lowest BCUT2D eigenvalue weighted by molar-refractivity contribution is -0.189. The van der Waals surface area contributed by atoms with E-state index in [1.165, 1.54) is 5.56 Å². The average molecular weight is 375 g/mol. The molecule has 5 nitrogen and oxygen atoms in total. The number of nitrogens with zero attached hydrogens (tertiary/aromatic N) is 1. The van der Waals surface area contributed by atoms with Gasteiger partial charge in [0.2, 0.25) is 0 Å².